The normalized spacial score (nSPS) is 19.8. The molecule has 0 spiro atoms. The van der Waals surface area contributed by atoms with Crippen molar-refractivity contribution >= 4 is 29.3 Å². The Bertz CT molecular complexity index is 1290. The second-order valence-corrected chi connectivity index (χ2v) is 8.64. The third-order valence-electron chi connectivity index (χ3n) is 6.47. The molecule has 3 aromatic carbocycles. The predicted molar refractivity (Wildman–Crippen MR) is 130 cm³/mol. The van der Waals surface area contributed by atoms with Gasteiger partial charge < -0.3 is 4.74 Å². The highest BCUT2D eigenvalue weighted by molar-refractivity contribution is 6.22. The van der Waals surface area contributed by atoms with Crippen LogP contribution in [0.25, 0.3) is 0 Å². The van der Waals surface area contributed by atoms with Gasteiger partial charge in [0.15, 0.2) is 6.10 Å². The summed E-state index contributed by atoms with van der Waals surface area (Å²) < 4.78 is 5.72. The number of amides is 2. The Kier molecular flexibility index (Phi) is 6.10. The van der Waals surface area contributed by atoms with Gasteiger partial charge in [-0.25, -0.2) is 4.79 Å². The van der Waals surface area contributed by atoms with Gasteiger partial charge in [-0.15, -0.1) is 0 Å². The fraction of sp³-hybridized carbons (Fsp3) is 0.172. The van der Waals surface area contributed by atoms with Crippen molar-refractivity contribution in [2.24, 2.45) is 11.8 Å². The molecule has 3 aromatic rings. The van der Waals surface area contributed by atoms with Crippen LogP contribution in [-0.4, -0.2) is 23.6 Å². The average molecular weight is 466 g/mol. The lowest BCUT2D eigenvalue weighted by molar-refractivity contribution is -0.122. The molecular weight excluding hydrogens is 442 g/mol. The van der Waals surface area contributed by atoms with Crippen molar-refractivity contribution in [3.63, 3.8) is 0 Å². The Balaban J connectivity index is 1.42. The molecule has 2 amide bonds. The number of imide groups is 1. The lowest BCUT2D eigenvalue weighted by Gasteiger charge is -2.19. The van der Waals surface area contributed by atoms with Crippen LogP contribution < -0.4 is 4.90 Å². The van der Waals surface area contributed by atoms with Crippen molar-refractivity contribution < 1.29 is 23.9 Å². The van der Waals surface area contributed by atoms with Crippen LogP contribution in [0.5, 0.6) is 0 Å². The van der Waals surface area contributed by atoms with Gasteiger partial charge in [0.25, 0.3) is 0 Å². The minimum Gasteiger partial charge on any atom is -0.445 e. The van der Waals surface area contributed by atoms with Gasteiger partial charge in [0.05, 0.1) is 23.1 Å². The molecule has 1 aliphatic carbocycles. The zero-order valence-corrected chi connectivity index (χ0v) is 18.9. The lowest BCUT2D eigenvalue weighted by atomic mass is 9.85. The zero-order valence-electron chi connectivity index (χ0n) is 18.9. The van der Waals surface area contributed by atoms with Gasteiger partial charge >= 0.3 is 5.97 Å². The molecule has 35 heavy (non-hydrogen) atoms. The molecule has 0 saturated carbocycles. The summed E-state index contributed by atoms with van der Waals surface area (Å²) in [6, 6.07) is 23.7. The molecule has 6 heteroatoms. The van der Waals surface area contributed by atoms with Crippen LogP contribution in [0.2, 0.25) is 0 Å². The monoisotopic (exact) mass is 465 g/mol. The Morgan fingerprint density at radius 1 is 0.743 bits per heavy atom. The number of ketones is 1. The second-order valence-electron chi connectivity index (χ2n) is 8.64. The summed E-state index contributed by atoms with van der Waals surface area (Å²) in [6.07, 6.45) is 3.79. The van der Waals surface area contributed by atoms with E-state index in [1.165, 1.54) is 11.0 Å². The number of carbonyl (C=O) groups is 4. The fourth-order valence-electron chi connectivity index (χ4n) is 4.66. The second kappa shape index (κ2) is 9.50. The van der Waals surface area contributed by atoms with Crippen LogP contribution in [0.1, 0.15) is 45.2 Å². The number of ether oxygens (including phenoxy) is 1. The standard InChI is InChI=1S/C29H23NO5/c31-25(19-10-3-1-4-11-19)26(20-12-5-2-6-13-20)35-29(34)21-14-9-15-22(18-21)30-27(32)23-16-7-8-17-24(23)28(30)33/h1-15,18,23-24,26H,16-17H2. The number of benzene rings is 3. The van der Waals surface area contributed by atoms with Crippen LogP contribution in [0.3, 0.4) is 0 Å². The van der Waals surface area contributed by atoms with Crippen LogP contribution in [0.4, 0.5) is 5.69 Å². The highest BCUT2D eigenvalue weighted by Gasteiger charge is 2.47. The Morgan fingerprint density at radius 3 is 1.94 bits per heavy atom. The van der Waals surface area contributed by atoms with E-state index < -0.39 is 12.1 Å². The van der Waals surface area contributed by atoms with Crippen LogP contribution in [0, 0.1) is 11.8 Å². The summed E-state index contributed by atoms with van der Waals surface area (Å²) in [6.45, 7) is 0. The maximum Gasteiger partial charge on any atom is 0.339 e. The minimum atomic E-state index is -1.14. The molecular formula is C29H23NO5. The molecule has 1 heterocycles. The number of nitrogens with zero attached hydrogens (tertiary/aromatic N) is 1. The number of fused-ring (bicyclic) bond motifs is 1. The van der Waals surface area contributed by atoms with E-state index in [0.717, 1.165) is 0 Å². The molecule has 3 atom stereocenters. The summed E-state index contributed by atoms with van der Waals surface area (Å²) >= 11 is 0. The van der Waals surface area contributed by atoms with Gasteiger partial charge in [0.2, 0.25) is 17.6 Å². The number of anilines is 1. The van der Waals surface area contributed by atoms with Gasteiger partial charge in [0.1, 0.15) is 0 Å². The summed E-state index contributed by atoms with van der Waals surface area (Å²) in [7, 11) is 0. The van der Waals surface area contributed by atoms with E-state index in [4.69, 9.17) is 4.74 Å². The molecule has 2 aliphatic rings. The average Bonchev–Trinajstić information content (AvgIpc) is 3.17. The topological polar surface area (TPSA) is 80.8 Å². The number of hydrogen-bond donors (Lipinski definition) is 0. The summed E-state index contributed by atoms with van der Waals surface area (Å²) in [4.78, 5) is 53.5. The zero-order chi connectivity index (χ0) is 24.4. The number of allylic oxidation sites excluding steroid dienone is 2. The van der Waals surface area contributed by atoms with Crippen molar-refractivity contribution in [2.75, 3.05) is 4.90 Å². The predicted octanol–water partition coefficient (Wildman–Crippen LogP) is 4.92. The number of rotatable bonds is 6. The first-order valence-corrected chi connectivity index (χ1v) is 11.5. The summed E-state index contributed by atoms with van der Waals surface area (Å²) in [5, 5.41) is 0. The third kappa shape index (κ3) is 4.30. The van der Waals surface area contributed by atoms with Crippen molar-refractivity contribution in [1.82, 2.24) is 0 Å². The molecule has 174 valence electrons. The van der Waals surface area contributed by atoms with Crippen molar-refractivity contribution in [3.05, 3.63) is 114 Å². The van der Waals surface area contributed by atoms with E-state index in [9.17, 15) is 19.2 Å². The number of carbonyl (C=O) groups excluding carboxylic acids is 4. The maximum atomic E-state index is 13.2. The third-order valence-corrected chi connectivity index (χ3v) is 6.47. The number of esters is 1. The summed E-state index contributed by atoms with van der Waals surface area (Å²) in [5.74, 6) is -2.30. The van der Waals surface area contributed by atoms with E-state index in [-0.39, 0.29) is 35.0 Å². The van der Waals surface area contributed by atoms with Crippen molar-refractivity contribution in [2.45, 2.75) is 18.9 Å². The van der Waals surface area contributed by atoms with E-state index in [1.807, 2.05) is 18.2 Å². The number of hydrogen-bond acceptors (Lipinski definition) is 5. The van der Waals surface area contributed by atoms with E-state index in [2.05, 4.69) is 0 Å². The molecule has 0 aromatic heterocycles. The van der Waals surface area contributed by atoms with Crippen molar-refractivity contribution in [1.29, 1.82) is 0 Å². The van der Waals surface area contributed by atoms with Gasteiger partial charge in [-0.05, 0) is 31.0 Å². The Morgan fingerprint density at radius 2 is 1.31 bits per heavy atom. The van der Waals surface area contributed by atoms with Crippen LogP contribution in [0.15, 0.2) is 97.1 Å². The minimum absolute atomic E-state index is 0.151. The quantitative estimate of drug-likeness (QED) is 0.223. The summed E-state index contributed by atoms with van der Waals surface area (Å²) in [5.41, 5.74) is 1.45. The van der Waals surface area contributed by atoms with E-state index >= 15 is 0 Å². The molecule has 1 fully saturated rings. The van der Waals surface area contributed by atoms with Gasteiger partial charge in [-0.2, -0.15) is 0 Å². The SMILES string of the molecule is O=C(OC(C(=O)c1ccccc1)c1ccccc1)c1cccc(N2C(=O)C3CC=CCC3C2=O)c1. The molecule has 6 nitrogen and oxygen atoms in total. The molecule has 0 radical (unpaired) electrons. The Labute approximate surface area is 202 Å². The largest absolute Gasteiger partial charge is 0.445 e. The van der Waals surface area contributed by atoms with Crippen molar-refractivity contribution in [3.8, 4) is 0 Å². The molecule has 0 N–H and O–H groups in total. The van der Waals surface area contributed by atoms with Crippen LogP contribution in [-0.2, 0) is 14.3 Å². The molecule has 5 rings (SSSR count). The van der Waals surface area contributed by atoms with Gasteiger partial charge in [-0.1, -0.05) is 78.9 Å². The molecule has 1 saturated heterocycles. The highest BCUT2D eigenvalue weighted by Crippen LogP contribution is 2.38. The fourth-order valence-corrected chi connectivity index (χ4v) is 4.66. The van der Waals surface area contributed by atoms with Gasteiger partial charge in [-0.3, -0.25) is 19.3 Å². The van der Waals surface area contributed by atoms with E-state index in [0.29, 0.717) is 29.7 Å². The lowest BCUT2D eigenvalue weighted by Crippen LogP contribution is -2.31. The molecule has 0 bridgehead atoms. The van der Waals surface area contributed by atoms with Crippen LogP contribution >= 0.6 is 0 Å². The maximum absolute atomic E-state index is 13.2. The number of Topliss-reactive ketones (excluding diaryl/α,β-unsaturated/α-hetero) is 1. The smallest absolute Gasteiger partial charge is 0.339 e. The Hall–Kier alpha value is -4.32. The molecule has 3 unspecified atom stereocenters. The van der Waals surface area contributed by atoms with E-state index in [1.54, 1.807) is 72.8 Å². The highest BCUT2D eigenvalue weighted by atomic mass is 16.5. The first kappa shape index (κ1) is 22.5. The molecule has 1 aliphatic heterocycles. The van der Waals surface area contributed by atoms with Gasteiger partial charge in [0, 0.05) is 11.1 Å². The first-order valence-electron chi connectivity index (χ1n) is 11.5. The first-order chi connectivity index (χ1) is 17.0.